The van der Waals surface area contributed by atoms with Crippen LogP contribution in [0.1, 0.15) is 37.5 Å². The minimum absolute atomic E-state index is 0.138. The van der Waals surface area contributed by atoms with Crippen LogP contribution in [0.4, 0.5) is 4.79 Å². The summed E-state index contributed by atoms with van der Waals surface area (Å²) < 4.78 is 5.84. The van der Waals surface area contributed by atoms with Crippen molar-refractivity contribution >= 4 is 6.09 Å². The summed E-state index contributed by atoms with van der Waals surface area (Å²) in [5.74, 6) is 0. The van der Waals surface area contributed by atoms with Gasteiger partial charge in [-0.25, -0.2) is 4.79 Å². The number of rotatable bonds is 7. The van der Waals surface area contributed by atoms with E-state index in [0.717, 1.165) is 52.4 Å². The maximum absolute atomic E-state index is 13.4. The lowest BCUT2D eigenvalue weighted by atomic mass is 10.1. The van der Waals surface area contributed by atoms with Crippen LogP contribution in [0, 0.1) is 0 Å². The Morgan fingerprint density at radius 1 is 0.718 bits per heavy atom. The zero-order chi connectivity index (χ0) is 27.7. The molecular weight excluding hydrogens is 484 g/mol. The predicted octanol–water partition coefficient (Wildman–Crippen LogP) is 5.70. The molecule has 1 unspecified atom stereocenters. The number of likely N-dealkylation sites (N-methyl/N-ethyl adjacent to an activating group) is 1. The second kappa shape index (κ2) is 13.7. The van der Waals surface area contributed by atoms with Gasteiger partial charge in [0.1, 0.15) is 11.8 Å². The molecule has 0 aromatic heterocycles. The lowest BCUT2D eigenvalue weighted by molar-refractivity contribution is -0.0143. The smallest absolute Gasteiger partial charge is 0.411 e. The van der Waals surface area contributed by atoms with Gasteiger partial charge in [-0.2, -0.15) is 0 Å². The number of benzene rings is 3. The minimum Gasteiger partial charge on any atom is -0.444 e. The topological polar surface area (TPSA) is 39.3 Å². The molecule has 208 valence electrons. The van der Waals surface area contributed by atoms with Crippen LogP contribution in [0.25, 0.3) is 0 Å². The van der Waals surface area contributed by atoms with E-state index >= 15 is 0 Å². The van der Waals surface area contributed by atoms with Crippen molar-refractivity contribution in [2.75, 3.05) is 39.8 Å². The van der Waals surface area contributed by atoms with Crippen LogP contribution in [-0.2, 0) is 24.4 Å². The van der Waals surface area contributed by atoms with Crippen molar-refractivity contribution in [2.24, 2.45) is 0 Å². The Labute approximate surface area is 234 Å². The molecule has 1 amide bonds. The third kappa shape index (κ3) is 9.20. The molecule has 1 aliphatic rings. The molecule has 0 saturated carbocycles. The highest BCUT2D eigenvalue weighted by Gasteiger charge is 2.32. The van der Waals surface area contributed by atoms with E-state index in [0.29, 0.717) is 0 Å². The number of ether oxygens (including phenoxy) is 1. The average Bonchev–Trinajstić information content (AvgIpc) is 2.99. The van der Waals surface area contributed by atoms with Gasteiger partial charge in [0.15, 0.2) is 0 Å². The maximum Gasteiger partial charge on any atom is 0.411 e. The molecule has 3 aromatic rings. The second-order valence-corrected chi connectivity index (χ2v) is 11.5. The van der Waals surface area contributed by atoms with Gasteiger partial charge in [-0.05, 0) is 37.5 Å². The van der Waals surface area contributed by atoms with Crippen LogP contribution in [0.2, 0.25) is 0 Å². The lowest BCUT2D eigenvalue weighted by Crippen LogP contribution is -2.55. The fourth-order valence-corrected chi connectivity index (χ4v) is 5.06. The van der Waals surface area contributed by atoms with Crippen LogP contribution in [0.5, 0.6) is 0 Å². The van der Waals surface area contributed by atoms with Gasteiger partial charge in [0.2, 0.25) is 0 Å². The number of carbonyl (C=O) groups excluding carboxylic acids is 1. The summed E-state index contributed by atoms with van der Waals surface area (Å²) in [6.45, 7) is 12.6. The Morgan fingerprint density at radius 2 is 1.15 bits per heavy atom. The summed E-state index contributed by atoms with van der Waals surface area (Å²) in [6, 6.07) is 31.9. The highest BCUT2D eigenvalue weighted by Crippen LogP contribution is 2.19. The largest absolute Gasteiger partial charge is 0.444 e. The van der Waals surface area contributed by atoms with Crippen LogP contribution >= 0.6 is 0 Å². The number of hydrogen-bond donors (Lipinski definition) is 0. The van der Waals surface area contributed by atoms with Crippen molar-refractivity contribution in [3.8, 4) is 0 Å². The standard InChI is InChI=1S/C33H44N4O2/c1-33(2,3)39-32(38)34(4)31-27-36(25-29-16-10-6-11-17-29)21-20-35(24-28-14-8-5-9-15-28)22-23-37(31)26-30-18-12-7-13-19-30/h5-19,31H,20-27H2,1-4H3. The Bertz CT molecular complexity index is 1130. The number of carbonyl (C=O) groups is 1. The van der Waals surface area contributed by atoms with E-state index in [1.165, 1.54) is 16.7 Å². The van der Waals surface area contributed by atoms with Crippen molar-refractivity contribution < 1.29 is 9.53 Å². The third-order valence-corrected chi connectivity index (χ3v) is 7.13. The molecular formula is C33H44N4O2. The Morgan fingerprint density at radius 3 is 1.67 bits per heavy atom. The summed E-state index contributed by atoms with van der Waals surface area (Å²) in [5, 5.41) is 0. The molecule has 0 radical (unpaired) electrons. The molecule has 0 bridgehead atoms. The Balaban J connectivity index is 1.64. The van der Waals surface area contributed by atoms with Crippen LogP contribution in [-0.4, -0.2) is 77.2 Å². The summed E-state index contributed by atoms with van der Waals surface area (Å²) in [7, 11) is 1.89. The van der Waals surface area contributed by atoms with Crippen LogP contribution in [0.3, 0.4) is 0 Å². The molecule has 6 nitrogen and oxygen atoms in total. The van der Waals surface area contributed by atoms with Gasteiger partial charge >= 0.3 is 6.09 Å². The normalized spacial score (nSPS) is 18.1. The molecule has 1 saturated heterocycles. The summed E-state index contributed by atoms with van der Waals surface area (Å²) in [6.07, 6.45) is -0.425. The first kappa shape index (κ1) is 28.8. The number of amides is 1. The lowest BCUT2D eigenvalue weighted by Gasteiger charge is -2.40. The molecule has 39 heavy (non-hydrogen) atoms. The van der Waals surface area contributed by atoms with Crippen molar-refractivity contribution in [3.05, 3.63) is 108 Å². The quantitative estimate of drug-likeness (QED) is 0.393. The fraction of sp³-hybridized carbons (Fsp3) is 0.424. The summed E-state index contributed by atoms with van der Waals surface area (Å²) in [5.41, 5.74) is 3.29. The van der Waals surface area contributed by atoms with Crippen LogP contribution < -0.4 is 0 Å². The van der Waals surface area contributed by atoms with Gasteiger partial charge in [-0.15, -0.1) is 0 Å². The molecule has 4 rings (SSSR count). The van der Waals surface area contributed by atoms with Crippen molar-refractivity contribution in [1.82, 2.24) is 19.6 Å². The van der Waals surface area contributed by atoms with Gasteiger partial charge in [0, 0.05) is 59.4 Å². The molecule has 0 N–H and O–H groups in total. The first-order valence-electron chi connectivity index (χ1n) is 14.0. The predicted molar refractivity (Wildman–Crippen MR) is 158 cm³/mol. The highest BCUT2D eigenvalue weighted by molar-refractivity contribution is 5.68. The van der Waals surface area contributed by atoms with Gasteiger partial charge < -0.3 is 4.74 Å². The molecule has 1 atom stereocenters. The summed E-state index contributed by atoms with van der Waals surface area (Å²) in [4.78, 5) is 22.6. The van der Waals surface area contributed by atoms with Crippen LogP contribution in [0.15, 0.2) is 91.0 Å². The number of nitrogens with zero attached hydrogens (tertiary/aromatic N) is 4. The van der Waals surface area contributed by atoms with Gasteiger partial charge in [-0.1, -0.05) is 91.0 Å². The first-order chi connectivity index (χ1) is 18.8. The molecule has 3 aromatic carbocycles. The molecule has 0 aliphatic carbocycles. The second-order valence-electron chi connectivity index (χ2n) is 11.5. The SMILES string of the molecule is CN(C(=O)OC(C)(C)C)C1CN(Cc2ccccc2)CCN(Cc2ccccc2)CCN1Cc1ccccc1. The fourth-order valence-electron chi connectivity index (χ4n) is 5.06. The molecule has 1 heterocycles. The molecule has 6 heteroatoms. The average molecular weight is 529 g/mol. The zero-order valence-corrected chi connectivity index (χ0v) is 24.0. The van der Waals surface area contributed by atoms with Crippen molar-refractivity contribution in [1.29, 1.82) is 0 Å². The Hall–Kier alpha value is -3.19. The number of hydrogen-bond acceptors (Lipinski definition) is 5. The van der Waals surface area contributed by atoms with Crippen molar-refractivity contribution in [3.63, 3.8) is 0 Å². The van der Waals surface area contributed by atoms with E-state index in [2.05, 4.69) is 106 Å². The Kier molecular flexibility index (Phi) is 10.2. The van der Waals surface area contributed by atoms with E-state index in [4.69, 9.17) is 4.74 Å². The third-order valence-electron chi connectivity index (χ3n) is 7.13. The summed E-state index contributed by atoms with van der Waals surface area (Å²) >= 11 is 0. The van der Waals surface area contributed by atoms with Gasteiger partial charge in [0.05, 0.1) is 0 Å². The maximum atomic E-state index is 13.4. The highest BCUT2D eigenvalue weighted by atomic mass is 16.6. The van der Waals surface area contributed by atoms with Gasteiger partial charge in [0.25, 0.3) is 0 Å². The van der Waals surface area contributed by atoms with E-state index in [9.17, 15) is 4.79 Å². The first-order valence-corrected chi connectivity index (χ1v) is 14.0. The zero-order valence-electron chi connectivity index (χ0n) is 24.0. The van der Waals surface area contributed by atoms with Gasteiger partial charge in [-0.3, -0.25) is 19.6 Å². The molecule has 1 aliphatic heterocycles. The monoisotopic (exact) mass is 528 g/mol. The minimum atomic E-state index is -0.551. The van der Waals surface area contributed by atoms with E-state index < -0.39 is 5.60 Å². The van der Waals surface area contributed by atoms with E-state index in [1.807, 2.05) is 27.8 Å². The van der Waals surface area contributed by atoms with E-state index in [-0.39, 0.29) is 12.3 Å². The van der Waals surface area contributed by atoms with E-state index in [1.54, 1.807) is 4.90 Å². The molecule has 1 fully saturated rings. The molecule has 0 spiro atoms. The van der Waals surface area contributed by atoms with Crippen molar-refractivity contribution in [2.45, 2.75) is 52.2 Å².